The topological polar surface area (TPSA) is 30.5 Å². The zero-order chi connectivity index (χ0) is 13.2. The van der Waals surface area contributed by atoms with Crippen molar-refractivity contribution in [3.05, 3.63) is 44.6 Å². The lowest BCUT2D eigenvalue weighted by Gasteiger charge is -2.08. The maximum absolute atomic E-state index is 5.79. The van der Waals surface area contributed by atoms with Crippen LogP contribution < -0.4 is 14.8 Å². The van der Waals surface area contributed by atoms with Gasteiger partial charge in [0.05, 0.1) is 9.83 Å². The molecule has 0 aliphatic carbocycles. The van der Waals surface area contributed by atoms with E-state index >= 15 is 0 Å². The van der Waals surface area contributed by atoms with E-state index in [4.69, 9.17) is 9.47 Å². The summed E-state index contributed by atoms with van der Waals surface area (Å²) in [5.74, 6) is 1.77. The molecule has 1 aromatic carbocycles. The minimum atomic E-state index is 0.289. The highest BCUT2D eigenvalue weighted by Crippen LogP contribution is 2.35. The molecule has 3 nitrogen and oxygen atoms in total. The van der Waals surface area contributed by atoms with Gasteiger partial charge in [-0.2, -0.15) is 0 Å². The number of hydrogen-bond donors (Lipinski definition) is 1. The van der Waals surface area contributed by atoms with Gasteiger partial charge in [0.1, 0.15) is 24.7 Å². The minimum absolute atomic E-state index is 0.289. The Morgan fingerprint density at radius 3 is 3.05 bits per heavy atom. The lowest BCUT2D eigenvalue weighted by molar-refractivity contribution is 0.301. The van der Waals surface area contributed by atoms with E-state index in [-0.39, 0.29) is 6.04 Å². The molecule has 0 amide bonds. The average Bonchev–Trinajstić information content (AvgIpc) is 3.01. The van der Waals surface area contributed by atoms with Gasteiger partial charge in [0.25, 0.3) is 0 Å². The highest BCUT2D eigenvalue weighted by molar-refractivity contribution is 9.11. The standard InChI is InChI=1S/C14H14BrNO2S/c1-16-12-8-18-13-6-9(2-4-11(12)13)17-7-10-3-5-14(15)19-10/h2-6,12,16H,7-8H2,1H3. The number of fused-ring (bicyclic) bond motifs is 1. The molecule has 19 heavy (non-hydrogen) atoms. The van der Waals surface area contributed by atoms with Gasteiger partial charge in [0.15, 0.2) is 0 Å². The van der Waals surface area contributed by atoms with Crippen molar-refractivity contribution in [1.29, 1.82) is 0 Å². The van der Waals surface area contributed by atoms with Gasteiger partial charge in [-0.3, -0.25) is 0 Å². The molecule has 1 aliphatic heterocycles. The van der Waals surface area contributed by atoms with Crippen LogP contribution in [0.3, 0.4) is 0 Å². The van der Waals surface area contributed by atoms with E-state index in [1.165, 1.54) is 10.4 Å². The number of ether oxygens (including phenoxy) is 2. The van der Waals surface area contributed by atoms with Crippen LogP contribution in [-0.2, 0) is 6.61 Å². The van der Waals surface area contributed by atoms with Gasteiger partial charge in [0.2, 0.25) is 0 Å². The molecule has 0 spiro atoms. The van der Waals surface area contributed by atoms with E-state index in [1.54, 1.807) is 11.3 Å². The van der Waals surface area contributed by atoms with Gasteiger partial charge in [0, 0.05) is 16.5 Å². The van der Waals surface area contributed by atoms with E-state index in [0.717, 1.165) is 15.3 Å². The molecule has 0 fully saturated rings. The van der Waals surface area contributed by atoms with E-state index in [9.17, 15) is 0 Å². The molecule has 1 aliphatic rings. The van der Waals surface area contributed by atoms with Crippen molar-refractivity contribution in [1.82, 2.24) is 5.32 Å². The van der Waals surface area contributed by atoms with Gasteiger partial charge in [-0.15, -0.1) is 11.3 Å². The van der Waals surface area contributed by atoms with Crippen LogP contribution in [0.2, 0.25) is 0 Å². The molecule has 1 atom stereocenters. The minimum Gasteiger partial charge on any atom is -0.491 e. The molecule has 0 radical (unpaired) electrons. The molecule has 3 rings (SSSR count). The first-order chi connectivity index (χ1) is 9.26. The van der Waals surface area contributed by atoms with Crippen LogP contribution in [0.15, 0.2) is 34.1 Å². The molecular weight excluding hydrogens is 326 g/mol. The van der Waals surface area contributed by atoms with Crippen LogP contribution in [0, 0.1) is 0 Å². The second-order valence-electron chi connectivity index (χ2n) is 4.35. The number of nitrogens with one attached hydrogen (secondary N) is 1. The van der Waals surface area contributed by atoms with Crippen molar-refractivity contribution in [3.8, 4) is 11.5 Å². The Bertz CT molecular complexity index is 585. The fourth-order valence-electron chi connectivity index (χ4n) is 2.10. The van der Waals surface area contributed by atoms with Gasteiger partial charge >= 0.3 is 0 Å². The van der Waals surface area contributed by atoms with Crippen molar-refractivity contribution in [2.24, 2.45) is 0 Å². The number of rotatable bonds is 4. The molecule has 0 saturated carbocycles. The third kappa shape index (κ3) is 2.78. The molecule has 100 valence electrons. The summed E-state index contributed by atoms with van der Waals surface area (Å²) in [6.07, 6.45) is 0. The van der Waals surface area contributed by atoms with Crippen LogP contribution >= 0.6 is 27.3 Å². The number of halogens is 1. The number of hydrogen-bond acceptors (Lipinski definition) is 4. The fourth-order valence-corrected chi connectivity index (χ4v) is 3.50. The summed E-state index contributed by atoms with van der Waals surface area (Å²) < 4.78 is 12.6. The highest BCUT2D eigenvalue weighted by atomic mass is 79.9. The van der Waals surface area contributed by atoms with Gasteiger partial charge in [-0.05, 0) is 47.2 Å². The molecule has 1 N–H and O–H groups in total. The van der Waals surface area contributed by atoms with E-state index in [2.05, 4.69) is 33.4 Å². The van der Waals surface area contributed by atoms with Crippen molar-refractivity contribution in [2.45, 2.75) is 12.6 Å². The lowest BCUT2D eigenvalue weighted by Crippen LogP contribution is -2.17. The maximum atomic E-state index is 5.79. The second-order valence-corrected chi connectivity index (χ2v) is 6.89. The van der Waals surface area contributed by atoms with Crippen LogP contribution in [0.1, 0.15) is 16.5 Å². The first-order valence-corrected chi connectivity index (χ1v) is 7.68. The quantitative estimate of drug-likeness (QED) is 0.920. The summed E-state index contributed by atoms with van der Waals surface area (Å²) in [4.78, 5) is 1.20. The van der Waals surface area contributed by atoms with E-state index < -0.39 is 0 Å². The summed E-state index contributed by atoms with van der Waals surface area (Å²) >= 11 is 5.14. The average molecular weight is 340 g/mol. The van der Waals surface area contributed by atoms with Crippen molar-refractivity contribution < 1.29 is 9.47 Å². The largest absolute Gasteiger partial charge is 0.491 e. The Kier molecular flexibility index (Phi) is 3.77. The first kappa shape index (κ1) is 13.0. The third-order valence-corrected chi connectivity index (χ3v) is 4.72. The molecule has 1 aromatic heterocycles. The molecule has 0 bridgehead atoms. The number of thiophene rings is 1. The molecule has 2 heterocycles. The SMILES string of the molecule is CNC1COc2cc(OCc3ccc(Br)s3)ccc21. The van der Waals surface area contributed by atoms with E-state index in [1.807, 2.05) is 25.2 Å². The molecular formula is C14H14BrNO2S. The number of benzene rings is 1. The van der Waals surface area contributed by atoms with Gasteiger partial charge in [-0.1, -0.05) is 0 Å². The molecule has 0 saturated heterocycles. The molecule has 2 aromatic rings. The third-order valence-electron chi connectivity index (χ3n) is 3.12. The van der Waals surface area contributed by atoms with E-state index in [0.29, 0.717) is 13.2 Å². The van der Waals surface area contributed by atoms with Crippen LogP contribution in [0.5, 0.6) is 11.5 Å². The van der Waals surface area contributed by atoms with Gasteiger partial charge < -0.3 is 14.8 Å². The second kappa shape index (κ2) is 5.53. The zero-order valence-corrected chi connectivity index (χ0v) is 12.9. The normalized spacial score (nSPS) is 17.1. The van der Waals surface area contributed by atoms with Crippen LogP contribution in [0.4, 0.5) is 0 Å². The Balaban J connectivity index is 1.69. The number of likely N-dealkylation sites (N-methyl/N-ethyl adjacent to an activating group) is 1. The molecule has 5 heteroatoms. The Morgan fingerprint density at radius 1 is 1.42 bits per heavy atom. The summed E-state index contributed by atoms with van der Waals surface area (Å²) in [5.41, 5.74) is 1.20. The zero-order valence-electron chi connectivity index (χ0n) is 10.5. The Hall–Kier alpha value is -1.04. The lowest BCUT2D eigenvalue weighted by atomic mass is 10.1. The summed E-state index contributed by atoms with van der Waals surface area (Å²) in [5, 5.41) is 3.23. The summed E-state index contributed by atoms with van der Waals surface area (Å²) in [6.45, 7) is 1.28. The van der Waals surface area contributed by atoms with Crippen molar-refractivity contribution in [3.63, 3.8) is 0 Å². The van der Waals surface area contributed by atoms with Crippen LogP contribution in [-0.4, -0.2) is 13.7 Å². The van der Waals surface area contributed by atoms with Gasteiger partial charge in [-0.25, -0.2) is 0 Å². The van der Waals surface area contributed by atoms with Crippen molar-refractivity contribution in [2.75, 3.05) is 13.7 Å². The monoisotopic (exact) mass is 339 g/mol. The summed E-state index contributed by atoms with van der Waals surface area (Å²) in [7, 11) is 1.95. The first-order valence-electron chi connectivity index (χ1n) is 6.07. The van der Waals surface area contributed by atoms with Crippen molar-refractivity contribution >= 4 is 27.3 Å². The maximum Gasteiger partial charge on any atom is 0.127 e. The Labute approximate surface area is 124 Å². The molecule has 1 unspecified atom stereocenters. The predicted molar refractivity (Wildman–Crippen MR) is 80.1 cm³/mol. The summed E-state index contributed by atoms with van der Waals surface area (Å²) in [6, 6.07) is 10.4. The Morgan fingerprint density at radius 2 is 2.32 bits per heavy atom. The predicted octanol–water partition coefficient (Wildman–Crippen LogP) is 3.74. The highest BCUT2D eigenvalue weighted by Gasteiger charge is 2.22. The van der Waals surface area contributed by atoms with Crippen LogP contribution in [0.25, 0.3) is 0 Å². The fraction of sp³-hybridized carbons (Fsp3) is 0.286. The smallest absolute Gasteiger partial charge is 0.127 e.